The summed E-state index contributed by atoms with van der Waals surface area (Å²) in [6.45, 7) is 4.13. The number of rotatable bonds is 40. The Bertz CT molecular complexity index is 1280. The van der Waals surface area contributed by atoms with E-state index in [9.17, 15) is 15.0 Å². The standard InChI is InChI=1S/C55H87NO3/c1-3-5-7-9-11-13-15-17-19-21-22-23-24-25-26-27-28-29-30-31-32-33-34-35-37-39-41-43-45-47-49-51-55(59)56-53(52-57)54(58)50-48-46-44-42-40-38-36-20-18-16-14-12-10-8-6-4-2/h5,7,11,13,17-20,22-23,25-26,28-29,31-32,34-35,39-42,48,50,53-54,57-58H,3-4,6,8-10,12,14-16,21,24,27,30,33,36-38,43-47,49,51-52H2,1-2H3,(H,56,59)/b7-5-,13-11-,19-17-,20-18+,23-22-,26-25-,29-28-,32-31-,35-34-,41-39-,42-40+,50-48+. The van der Waals surface area contributed by atoms with E-state index in [1.54, 1.807) is 6.08 Å². The van der Waals surface area contributed by atoms with Gasteiger partial charge < -0.3 is 15.5 Å². The molecule has 0 saturated carbocycles. The molecule has 0 aliphatic heterocycles. The lowest BCUT2D eigenvalue weighted by atomic mass is 10.1. The van der Waals surface area contributed by atoms with Crippen LogP contribution < -0.4 is 5.32 Å². The number of hydrogen-bond donors (Lipinski definition) is 3. The summed E-state index contributed by atoms with van der Waals surface area (Å²) in [6.07, 6.45) is 78.1. The number of nitrogens with one attached hydrogen (secondary N) is 1. The topological polar surface area (TPSA) is 69.6 Å². The van der Waals surface area contributed by atoms with E-state index in [-0.39, 0.29) is 12.5 Å². The first-order valence-electron chi connectivity index (χ1n) is 23.5. The minimum absolute atomic E-state index is 0.118. The minimum atomic E-state index is -0.895. The van der Waals surface area contributed by atoms with Gasteiger partial charge in [0.2, 0.25) is 5.91 Å². The number of unbranched alkanes of at least 4 members (excludes halogenated alkanes) is 11. The quantitative estimate of drug-likeness (QED) is 0.0426. The van der Waals surface area contributed by atoms with E-state index in [0.717, 1.165) is 109 Å². The monoisotopic (exact) mass is 810 g/mol. The predicted molar refractivity (Wildman–Crippen MR) is 261 cm³/mol. The van der Waals surface area contributed by atoms with Crippen LogP contribution in [0.4, 0.5) is 0 Å². The van der Waals surface area contributed by atoms with Crippen molar-refractivity contribution < 1.29 is 15.0 Å². The fourth-order valence-electron chi connectivity index (χ4n) is 5.96. The molecular weight excluding hydrogens is 723 g/mol. The Morgan fingerprint density at radius 1 is 0.424 bits per heavy atom. The smallest absolute Gasteiger partial charge is 0.220 e. The normalized spacial score (nSPS) is 14.3. The number of allylic oxidation sites excluding steroid dienone is 23. The molecule has 0 bridgehead atoms. The molecule has 1 amide bonds. The average molecular weight is 810 g/mol. The number of hydrogen-bond acceptors (Lipinski definition) is 3. The van der Waals surface area contributed by atoms with Gasteiger partial charge in [-0.1, -0.05) is 198 Å². The van der Waals surface area contributed by atoms with Gasteiger partial charge in [-0.3, -0.25) is 4.79 Å². The van der Waals surface area contributed by atoms with Crippen molar-refractivity contribution in [1.82, 2.24) is 5.32 Å². The van der Waals surface area contributed by atoms with Crippen LogP contribution in [0.2, 0.25) is 0 Å². The molecule has 0 rings (SSSR count). The van der Waals surface area contributed by atoms with E-state index in [2.05, 4.69) is 153 Å². The molecule has 0 aromatic rings. The summed E-state index contributed by atoms with van der Waals surface area (Å²) in [6, 6.07) is -0.675. The Morgan fingerprint density at radius 2 is 0.763 bits per heavy atom. The second-order valence-electron chi connectivity index (χ2n) is 15.1. The molecule has 0 spiro atoms. The van der Waals surface area contributed by atoms with Crippen LogP contribution in [0.1, 0.15) is 174 Å². The van der Waals surface area contributed by atoms with Gasteiger partial charge in [-0.2, -0.15) is 0 Å². The molecule has 2 atom stereocenters. The molecule has 0 fully saturated rings. The fourth-order valence-corrected chi connectivity index (χ4v) is 5.96. The summed E-state index contributed by atoms with van der Waals surface area (Å²) in [4.78, 5) is 12.4. The maximum atomic E-state index is 12.4. The second kappa shape index (κ2) is 48.6. The number of carbonyl (C=O) groups is 1. The number of amides is 1. The molecule has 330 valence electrons. The molecule has 0 aromatic heterocycles. The van der Waals surface area contributed by atoms with Crippen molar-refractivity contribution in [2.45, 2.75) is 187 Å². The molecule has 59 heavy (non-hydrogen) atoms. The number of carbonyl (C=O) groups excluding carboxylic acids is 1. The number of aliphatic hydroxyl groups is 2. The first-order valence-corrected chi connectivity index (χ1v) is 23.5. The third-order valence-corrected chi connectivity index (χ3v) is 9.53. The van der Waals surface area contributed by atoms with Crippen LogP contribution in [-0.2, 0) is 4.79 Å². The van der Waals surface area contributed by atoms with Crippen LogP contribution >= 0.6 is 0 Å². The van der Waals surface area contributed by atoms with Crippen molar-refractivity contribution in [1.29, 1.82) is 0 Å². The molecular formula is C55H87NO3. The highest BCUT2D eigenvalue weighted by atomic mass is 16.3. The van der Waals surface area contributed by atoms with Crippen LogP contribution in [0.3, 0.4) is 0 Å². The maximum absolute atomic E-state index is 12.4. The number of aliphatic hydroxyl groups excluding tert-OH is 2. The van der Waals surface area contributed by atoms with E-state index in [0.29, 0.717) is 6.42 Å². The third kappa shape index (κ3) is 45.2. The molecule has 0 saturated heterocycles. The van der Waals surface area contributed by atoms with Crippen LogP contribution in [0, 0.1) is 0 Å². The van der Waals surface area contributed by atoms with Gasteiger partial charge in [0, 0.05) is 6.42 Å². The van der Waals surface area contributed by atoms with E-state index in [1.165, 1.54) is 44.9 Å². The van der Waals surface area contributed by atoms with Crippen molar-refractivity contribution >= 4 is 5.91 Å². The second-order valence-corrected chi connectivity index (χ2v) is 15.1. The maximum Gasteiger partial charge on any atom is 0.220 e. The molecule has 0 aromatic carbocycles. The molecule has 0 aliphatic rings. The zero-order valence-corrected chi connectivity index (χ0v) is 37.7. The highest BCUT2D eigenvalue weighted by molar-refractivity contribution is 5.76. The van der Waals surface area contributed by atoms with E-state index in [1.807, 2.05) is 6.08 Å². The summed E-state index contributed by atoms with van der Waals surface area (Å²) in [7, 11) is 0. The van der Waals surface area contributed by atoms with Gasteiger partial charge >= 0.3 is 0 Å². The minimum Gasteiger partial charge on any atom is -0.394 e. The Balaban J connectivity index is 3.80. The average Bonchev–Trinajstić information content (AvgIpc) is 3.24. The summed E-state index contributed by atoms with van der Waals surface area (Å²) >= 11 is 0. The summed E-state index contributed by atoms with van der Waals surface area (Å²) in [5, 5.41) is 23.0. The van der Waals surface area contributed by atoms with Crippen molar-refractivity contribution in [2.24, 2.45) is 0 Å². The highest BCUT2D eigenvalue weighted by Crippen LogP contribution is 2.09. The summed E-state index contributed by atoms with van der Waals surface area (Å²) < 4.78 is 0. The van der Waals surface area contributed by atoms with Crippen LogP contribution in [0.5, 0.6) is 0 Å². The molecule has 0 radical (unpaired) electrons. The Labute approximate surface area is 363 Å². The Kier molecular flexibility index (Phi) is 45.6. The molecule has 3 N–H and O–H groups in total. The summed E-state index contributed by atoms with van der Waals surface area (Å²) in [5.74, 6) is -0.118. The first kappa shape index (κ1) is 55.3. The van der Waals surface area contributed by atoms with Gasteiger partial charge in [0.25, 0.3) is 0 Å². The van der Waals surface area contributed by atoms with E-state index >= 15 is 0 Å². The molecule has 0 aliphatic carbocycles. The highest BCUT2D eigenvalue weighted by Gasteiger charge is 2.17. The molecule has 0 heterocycles. The SMILES string of the molecule is CC/C=C\C/C=C\C/C=C\C/C=C\C/C=C\C/C=C\C/C=C\C/C=C\C/C=C\CCCCCC(=O)NC(CO)C(O)/C=C/CC/C=C/CC/C=C/CCCCCCCC. The van der Waals surface area contributed by atoms with Gasteiger partial charge in [0.05, 0.1) is 18.8 Å². The van der Waals surface area contributed by atoms with Crippen molar-refractivity contribution in [3.8, 4) is 0 Å². The molecule has 4 heteroatoms. The predicted octanol–water partition coefficient (Wildman–Crippen LogP) is 15.3. The zero-order valence-electron chi connectivity index (χ0n) is 37.7. The van der Waals surface area contributed by atoms with Crippen LogP contribution in [0.15, 0.2) is 146 Å². The van der Waals surface area contributed by atoms with Gasteiger partial charge in [-0.15, -0.1) is 0 Å². The van der Waals surface area contributed by atoms with Crippen LogP contribution in [-0.4, -0.2) is 34.9 Å². The Morgan fingerprint density at radius 3 is 1.19 bits per heavy atom. The van der Waals surface area contributed by atoms with Gasteiger partial charge in [0.1, 0.15) is 0 Å². The fraction of sp³-hybridized carbons (Fsp3) is 0.545. The lowest BCUT2D eigenvalue weighted by Gasteiger charge is -2.19. The van der Waals surface area contributed by atoms with Crippen LogP contribution in [0.25, 0.3) is 0 Å². The van der Waals surface area contributed by atoms with E-state index in [4.69, 9.17) is 0 Å². The van der Waals surface area contributed by atoms with Crippen molar-refractivity contribution in [3.05, 3.63) is 146 Å². The van der Waals surface area contributed by atoms with Gasteiger partial charge in [-0.05, 0) is 116 Å². The summed E-state index contributed by atoms with van der Waals surface area (Å²) in [5.41, 5.74) is 0. The Hall–Kier alpha value is -3.73. The van der Waals surface area contributed by atoms with E-state index < -0.39 is 12.1 Å². The van der Waals surface area contributed by atoms with Crippen molar-refractivity contribution in [2.75, 3.05) is 6.61 Å². The third-order valence-electron chi connectivity index (χ3n) is 9.53. The molecule has 2 unspecified atom stereocenters. The molecule has 4 nitrogen and oxygen atoms in total. The lowest BCUT2D eigenvalue weighted by molar-refractivity contribution is -0.123. The van der Waals surface area contributed by atoms with Gasteiger partial charge in [-0.25, -0.2) is 0 Å². The van der Waals surface area contributed by atoms with Gasteiger partial charge in [0.15, 0.2) is 0 Å². The first-order chi connectivity index (χ1) is 29.2. The lowest BCUT2D eigenvalue weighted by Crippen LogP contribution is -2.45. The largest absolute Gasteiger partial charge is 0.394 e. The zero-order chi connectivity index (χ0) is 42.8. The van der Waals surface area contributed by atoms with Crippen molar-refractivity contribution in [3.63, 3.8) is 0 Å².